The van der Waals surface area contributed by atoms with Crippen LogP contribution in [0.15, 0.2) is 24.3 Å². The van der Waals surface area contributed by atoms with Crippen LogP contribution in [-0.2, 0) is 16.0 Å². The highest BCUT2D eigenvalue weighted by atomic mass is 16.2. The van der Waals surface area contributed by atoms with Crippen molar-refractivity contribution in [2.45, 2.75) is 13.3 Å². The van der Waals surface area contributed by atoms with Crippen molar-refractivity contribution in [2.24, 2.45) is 0 Å². The number of amides is 2. The Balaban J connectivity index is 1.91. The number of hydrogen-bond acceptors (Lipinski definition) is 3. The number of nitrogen functional groups attached to an aromatic ring is 1. The quantitative estimate of drug-likeness (QED) is 0.803. The molecule has 0 aromatic heterocycles. The maximum Gasteiger partial charge on any atom is 0.242 e. The van der Waals surface area contributed by atoms with E-state index in [1.807, 2.05) is 31.2 Å². The Morgan fingerprint density at radius 3 is 2.26 bits per heavy atom. The average Bonchev–Trinajstić information content (AvgIpc) is 2.41. The molecule has 0 saturated carbocycles. The van der Waals surface area contributed by atoms with Crippen molar-refractivity contribution < 1.29 is 9.59 Å². The largest absolute Gasteiger partial charge is 0.399 e. The van der Waals surface area contributed by atoms with Gasteiger partial charge in [0.15, 0.2) is 0 Å². The zero-order valence-corrected chi connectivity index (χ0v) is 11.1. The van der Waals surface area contributed by atoms with Crippen molar-refractivity contribution in [3.63, 3.8) is 0 Å². The number of nitrogens with two attached hydrogens (primary N) is 1. The Kier molecular flexibility index (Phi) is 4.04. The highest BCUT2D eigenvalue weighted by Gasteiger charge is 2.28. The molecule has 102 valence electrons. The Labute approximate surface area is 113 Å². The van der Waals surface area contributed by atoms with E-state index in [1.54, 1.807) is 9.80 Å². The molecule has 1 aliphatic rings. The maximum absolute atomic E-state index is 11.9. The number of nitrogens with zero attached hydrogens (tertiary/aromatic N) is 2. The van der Waals surface area contributed by atoms with E-state index in [4.69, 9.17) is 5.73 Å². The lowest BCUT2D eigenvalue weighted by Crippen LogP contribution is -2.53. The van der Waals surface area contributed by atoms with E-state index >= 15 is 0 Å². The molecule has 1 fully saturated rings. The van der Waals surface area contributed by atoms with E-state index in [0.717, 1.165) is 17.7 Å². The van der Waals surface area contributed by atoms with Gasteiger partial charge in [-0.1, -0.05) is 12.1 Å². The van der Waals surface area contributed by atoms with Crippen molar-refractivity contribution in [3.05, 3.63) is 29.8 Å². The molecule has 0 spiro atoms. The first kappa shape index (κ1) is 13.4. The van der Waals surface area contributed by atoms with E-state index in [-0.39, 0.29) is 24.9 Å². The first-order valence-corrected chi connectivity index (χ1v) is 6.50. The van der Waals surface area contributed by atoms with Crippen LogP contribution in [0.3, 0.4) is 0 Å². The number of piperazine rings is 1. The summed E-state index contributed by atoms with van der Waals surface area (Å²) >= 11 is 0. The third-order valence-electron chi connectivity index (χ3n) is 3.39. The molecule has 1 aromatic carbocycles. The molecule has 0 unspecified atom stereocenters. The van der Waals surface area contributed by atoms with Crippen molar-refractivity contribution in [3.8, 4) is 0 Å². The van der Waals surface area contributed by atoms with Crippen molar-refractivity contribution in [1.29, 1.82) is 0 Å². The Bertz CT molecular complexity index is 470. The first-order valence-electron chi connectivity index (χ1n) is 6.50. The molecule has 0 aliphatic carbocycles. The fourth-order valence-corrected chi connectivity index (χ4v) is 2.14. The monoisotopic (exact) mass is 261 g/mol. The number of carbonyl (C=O) groups is 2. The number of likely N-dealkylation sites (N-methyl/N-ethyl adjacent to an activating group) is 1. The summed E-state index contributed by atoms with van der Waals surface area (Å²) < 4.78 is 0. The third-order valence-corrected chi connectivity index (χ3v) is 3.39. The normalized spacial score (nSPS) is 16.1. The van der Waals surface area contributed by atoms with Crippen molar-refractivity contribution in [1.82, 2.24) is 9.80 Å². The zero-order valence-electron chi connectivity index (χ0n) is 11.1. The topological polar surface area (TPSA) is 66.6 Å². The average molecular weight is 261 g/mol. The van der Waals surface area contributed by atoms with E-state index in [0.29, 0.717) is 13.1 Å². The summed E-state index contributed by atoms with van der Waals surface area (Å²) in [5.74, 6) is 0.0521. The van der Waals surface area contributed by atoms with Gasteiger partial charge in [-0.2, -0.15) is 0 Å². The van der Waals surface area contributed by atoms with Gasteiger partial charge in [-0.25, -0.2) is 0 Å². The zero-order chi connectivity index (χ0) is 13.8. The molecular weight excluding hydrogens is 242 g/mol. The van der Waals surface area contributed by atoms with Crippen LogP contribution >= 0.6 is 0 Å². The van der Waals surface area contributed by atoms with E-state index < -0.39 is 0 Å². The van der Waals surface area contributed by atoms with Crippen LogP contribution in [0.4, 0.5) is 5.69 Å². The molecule has 2 N–H and O–H groups in total. The summed E-state index contributed by atoms with van der Waals surface area (Å²) in [6, 6.07) is 7.59. The Hall–Kier alpha value is -2.04. The van der Waals surface area contributed by atoms with Gasteiger partial charge in [-0.05, 0) is 31.0 Å². The van der Waals surface area contributed by atoms with Crippen LogP contribution in [-0.4, -0.2) is 47.8 Å². The number of carbonyl (C=O) groups excluding carboxylic acids is 2. The Morgan fingerprint density at radius 1 is 1.05 bits per heavy atom. The second-order valence-corrected chi connectivity index (χ2v) is 4.71. The van der Waals surface area contributed by atoms with Gasteiger partial charge in [0, 0.05) is 18.8 Å². The second kappa shape index (κ2) is 5.73. The van der Waals surface area contributed by atoms with Gasteiger partial charge in [0.1, 0.15) is 0 Å². The standard InChI is InChI=1S/C14H19N3O2/c1-2-16-9-14(19)17(10-13(16)18)8-7-11-3-5-12(15)6-4-11/h3-6H,2,7-10,15H2,1H3. The van der Waals surface area contributed by atoms with Gasteiger partial charge >= 0.3 is 0 Å². The van der Waals surface area contributed by atoms with Gasteiger partial charge in [-0.15, -0.1) is 0 Å². The molecule has 2 amide bonds. The van der Waals surface area contributed by atoms with Crippen molar-refractivity contribution in [2.75, 3.05) is 31.9 Å². The van der Waals surface area contributed by atoms with Crippen molar-refractivity contribution >= 4 is 17.5 Å². The highest BCUT2D eigenvalue weighted by molar-refractivity contribution is 5.92. The van der Waals surface area contributed by atoms with Crippen LogP contribution in [0.1, 0.15) is 12.5 Å². The molecule has 5 nitrogen and oxygen atoms in total. The van der Waals surface area contributed by atoms with Gasteiger partial charge in [0.25, 0.3) is 0 Å². The SMILES string of the molecule is CCN1CC(=O)N(CCc2ccc(N)cc2)CC1=O. The lowest BCUT2D eigenvalue weighted by Gasteiger charge is -2.33. The van der Waals surface area contributed by atoms with Gasteiger partial charge in [0.05, 0.1) is 13.1 Å². The minimum Gasteiger partial charge on any atom is -0.399 e. The summed E-state index contributed by atoms with van der Waals surface area (Å²) in [5, 5.41) is 0. The van der Waals surface area contributed by atoms with Gasteiger partial charge < -0.3 is 15.5 Å². The van der Waals surface area contributed by atoms with Crippen LogP contribution in [0, 0.1) is 0 Å². The fraction of sp³-hybridized carbons (Fsp3) is 0.429. The predicted molar refractivity (Wildman–Crippen MR) is 73.4 cm³/mol. The second-order valence-electron chi connectivity index (χ2n) is 4.71. The van der Waals surface area contributed by atoms with Gasteiger partial charge in [-0.3, -0.25) is 9.59 Å². The van der Waals surface area contributed by atoms with Crippen LogP contribution < -0.4 is 5.73 Å². The molecule has 1 saturated heterocycles. The van der Waals surface area contributed by atoms with E-state index in [1.165, 1.54) is 0 Å². The smallest absolute Gasteiger partial charge is 0.242 e. The lowest BCUT2D eigenvalue weighted by atomic mass is 10.1. The maximum atomic E-state index is 11.9. The van der Waals surface area contributed by atoms with Crippen LogP contribution in [0.25, 0.3) is 0 Å². The number of benzene rings is 1. The summed E-state index contributed by atoms with van der Waals surface area (Å²) in [5.41, 5.74) is 7.47. The minimum absolute atomic E-state index is 0.0249. The van der Waals surface area contributed by atoms with E-state index in [2.05, 4.69) is 0 Å². The molecule has 5 heteroatoms. The summed E-state index contributed by atoms with van der Waals surface area (Å²) in [7, 11) is 0. The molecule has 0 bridgehead atoms. The molecule has 19 heavy (non-hydrogen) atoms. The summed E-state index contributed by atoms with van der Waals surface area (Å²) in [6.45, 7) is 3.45. The van der Waals surface area contributed by atoms with E-state index in [9.17, 15) is 9.59 Å². The Morgan fingerprint density at radius 2 is 1.63 bits per heavy atom. The lowest BCUT2D eigenvalue weighted by molar-refractivity contribution is -0.149. The molecule has 0 atom stereocenters. The summed E-state index contributed by atoms with van der Waals surface area (Å²) in [4.78, 5) is 26.9. The number of rotatable bonds is 4. The molecule has 1 aliphatic heterocycles. The first-order chi connectivity index (χ1) is 9.10. The minimum atomic E-state index is 0.0249. The molecule has 1 heterocycles. The van der Waals surface area contributed by atoms with Crippen LogP contribution in [0.5, 0.6) is 0 Å². The molecule has 1 aromatic rings. The molecular formula is C14H19N3O2. The number of hydrogen-bond donors (Lipinski definition) is 1. The highest BCUT2D eigenvalue weighted by Crippen LogP contribution is 2.09. The predicted octanol–water partition coefficient (Wildman–Crippen LogP) is 0.502. The molecule has 0 radical (unpaired) electrons. The van der Waals surface area contributed by atoms with Crippen LogP contribution in [0.2, 0.25) is 0 Å². The third kappa shape index (κ3) is 3.24. The fourth-order valence-electron chi connectivity index (χ4n) is 2.14. The molecule has 2 rings (SSSR count). The summed E-state index contributed by atoms with van der Waals surface area (Å²) in [6.07, 6.45) is 0.741. The van der Waals surface area contributed by atoms with Gasteiger partial charge in [0.2, 0.25) is 11.8 Å². The number of anilines is 1.